The summed E-state index contributed by atoms with van der Waals surface area (Å²) < 4.78 is 46.1. The van der Waals surface area contributed by atoms with Crippen LogP contribution in [0.4, 0.5) is 19.0 Å². The first-order valence-electron chi connectivity index (χ1n) is 10.1. The highest BCUT2D eigenvalue weighted by Gasteiger charge is 2.59. The van der Waals surface area contributed by atoms with Crippen molar-refractivity contribution in [2.45, 2.75) is 43.3 Å². The summed E-state index contributed by atoms with van der Waals surface area (Å²) in [6.45, 7) is 0.0757. The van der Waals surface area contributed by atoms with Crippen molar-refractivity contribution in [2.24, 2.45) is 0 Å². The third kappa shape index (κ3) is 5.33. The molecule has 2 aromatic rings. The first-order valence-corrected chi connectivity index (χ1v) is 10.4. The number of hydrogen-bond acceptors (Lipinski definition) is 5. The number of aromatic nitrogens is 2. The van der Waals surface area contributed by atoms with E-state index in [-0.39, 0.29) is 47.5 Å². The maximum atomic E-state index is 13.4. The van der Waals surface area contributed by atoms with Gasteiger partial charge in [-0.3, -0.25) is 14.3 Å². The van der Waals surface area contributed by atoms with Crippen molar-refractivity contribution >= 4 is 29.2 Å². The maximum Gasteiger partial charge on any atom is 0.272 e. The number of nitrogens with one attached hydrogen (secondary N) is 3. The van der Waals surface area contributed by atoms with Gasteiger partial charge in [-0.1, -0.05) is 11.6 Å². The summed E-state index contributed by atoms with van der Waals surface area (Å²) in [5.74, 6) is -3.68. The van der Waals surface area contributed by atoms with Crippen molar-refractivity contribution in [3.05, 3.63) is 41.3 Å². The van der Waals surface area contributed by atoms with Crippen LogP contribution in [-0.4, -0.2) is 52.8 Å². The SMILES string of the molecule is O=C(COc1ccc(Cl)c(F)c1)NC1CCC(C(=O)Nc2ccn(C3CC3(F)F)n2)NC1. The molecular formula is C20H21ClF3N5O3. The number of halogens is 4. The van der Waals surface area contributed by atoms with E-state index in [1.165, 1.54) is 24.4 Å². The summed E-state index contributed by atoms with van der Waals surface area (Å²) in [5.41, 5.74) is 0. The Kier molecular flexibility index (Phi) is 6.29. The van der Waals surface area contributed by atoms with Crippen LogP contribution in [0.3, 0.4) is 0 Å². The van der Waals surface area contributed by atoms with Crippen LogP contribution in [0.2, 0.25) is 5.02 Å². The molecule has 0 bridgehead atoms. The molecule has 0 spiro atoms. The molecule has 4 rings (SSSR count). The molecule has 1 aliphatic heterocycles. The molecule has 3 N–H and O–H groups in total. The van der Waals surface area contributed by atoms with Gasteiger partial charge >= 0.3 is 0 Å². The molecule has 8 nitrogen and oxygen atoms in total. The van der Waals surface area contributed by atoms with Gasteiger partial charge in [0, 0.05) is 37.3 Å². The first kappa shape index (κ1) is 22.4. The van der Waals surface area contributed by atoms with E-state index in [1.54, 1.807) is 0 Å². The van der Waals surface area contributed by atoms with Crippen LogP contribution in [0.1, 0.15) is 25.3 Å². The second-order valence-corrected chi connectivity index (χ2v) is 8.23. The molecule has 1 aromatic carbocycles. The van der Waals surface area contributed by atoms with Crippen LogP contribution in [0.15, 0.2) is 30.5 Å². The van der Waals surface area contributed by atoms with Gasteiger partial charge in [0.1, 0.15) is 17.6 Å². The largest absolute Gasteiger partial charge is 0.484 e. The highest BCUT2D eigenvalue weighted by molar-refractivity contribution is 6.30. The van der Waals surface area contributed by atoms with Crippen molar-refractivity contribution in [1.29, 1.82) is 0 Å². The lowest BCUT2D eigenvalue weighted by molar-refractivity contribution is -0.124. The van der Waals surface area contributed by atoms with Crippen LogP contribution in [0.25, 0.3) is 0 Å². The number of hydrogen-bond donors (Lipinski definition) is 3. The zero-order valence-electron chi connectivity index (χ0n) is 16.8. The molecular weight excluding hydrogens is 451 g/mol. The number of amides is 2. The summed E-state index contributed by atoms with van der Waals surface area (Å²) in [7, 11) is 0. The summed E-state index contributed by atoms with van der Waals surface area (Å²) in [6, 6.07) is 3.73. The lowest BCUT2D eigenvalue weighted by Crippen LogP contribution is -2.53. The molecule has 2 heterocycles. The van der Waals surface area contributed by atoms with Crippen LogP contribution in [-0.2, 0) is 9.59 Å². The molecule has 0 radical (unpaired) electrons. The molecule has 2 amide bonds. The first-order chi connectivity index (χ1) is 15.2. The Hall–Kier alpha value is -2.79. The summed E-state index contributed by atoms with van der Waals surface area (Å²) in [6.07, 6.45) is 2.18. The fraction of sp³-hybridized carbons (Fsp3) is 0.450. The molecule has 1 saturated carbocycles. The Balaban J connectivity index is 1.18. The standard InChI is InChI=1S/C20H21ClF3N5O3/c21-13-3-2-12(7-14(13)22)32-10-18(30)26-11-1-4-15(25-9-11)19(31)27-17-5-6-29(28-17)16-8-20(16,23)24/h2-3,5-7,11,15-16,25H,1,4,8-10H2,(H,26,30)(H,27,28,31). The van der Waals surface area contributed by atoms with Gasteiger partial charge < -0.3 is 20.7 Å². The molecule has 1 saturated heterocycles. The fourth-order valence-corrected chi connectivity index (χ4v) is 3.58. The number of rotatable bonds is 7. The Morgan fingerprint density at radius 3 is 2.75 bits per heavy atom. The van der Waals surface area contributed by atoms with E-state index < -0.39 is 23.8 Å². The van der Waals surface area contributed by atoms with Gasteiger partial charge in [0.25, 0.3) is 11.8 Å². The number of carbonyl (C=O) groups is 2. The van der Waals surface area contributed by atoms with Crippen molar-refractivity contribution in [2.75, 3.05) is 18.5 Å². The minimum Gasteiger partial charge on any atom is -0.484 e. The predicted molar refractivity (Wildman–Crippen MR) is 109 cm³/mol. The van der Waals surface area contributed by atoms with E-state index in [0.29, 0.717) is 19.4 Å². The topological polar surface area (TPSA) is 97.3 Å². The van der Waals surface area contributed by atoms with E-state index in [1.807, 2.05) is 0 Å². The average Bonchev–Trinajstić information content (AvgIpc) is 3.16. The molecule has 2 aliphatic rings. The summed E-state index contributed by atoms with van der Waals surface area (Å²) in [4.78, 5) is 24.5. The fourth-order valence-electron chi connectivity index (χ4n) is 3.47. The van der Waals surface area contributed by atoms with E-state index in [9.17, 15) is 22.8 Å². The average molecular weight is 472 g/mol. The molecule has 2 fully saturated rings. The van der Waals surface area contributed by atoms with Crippen molar-refractivity contribution in [3.63, 3.8) is 0 Å². The van der Waals surface area contributed by atoms with Crippen LogP contribution >= 0.6 is 11.6 Å². The van der Waals surface area contributed by atoms with Crippen molar-refractivity contribution < 1.29 is 27.5 Å². The minimum absolute atomic E-state index is 0.0357. The third-order valence-electron chi connectivity index (χ3n) is 5.33. The maximum absolute atomic E-state index is 13.4. The molecule has 3 atom stereocenters. The van der Waals surface area contributed by atoms with Gasteiger partial charge in [-0.05, 0) is 25.0 Å². The number of anilines is 1. The normalized spacial score (nSPS) is 23.9. The van der Waals surface area contributed by atoms with Gasteiger partial charge in [0.2, 0.25) is 5.91 Å². The molecule has 32 heavy (non-hydrogen) atoms. The molecule has 12 heteroatoms. The minimum atomic E-state index is -2.74. The smallest absolute Gasteiger partial charge is 0.272 e. The number of benzene rings is 1. The molecule has 1 aliphatic carbocycles. The van der Waals surface area contributed by atoms with Gasteiger partial charge in [-0.15, -0.1) is 0 Å². The zero-order valence-corrected chi connectivity index (χ0v) is 17.5. The Labute approximate surface area is 186 Å². The molecule has 172 valence electrons. The lowest BCUT2D eigenvalue weighted by atomic mass is 10.00. The van der Waals surface area contributed by atoms with Gasteiger partial charge in [0.05, 0.1) is 11.1 Å². The van der Waals surface area contributed by atoms with Crippen LogP contribution in [0, 0.1) is 5.82 Å². The monoisotopic (exact) mass is 471 g/mol. The Morgan fingerprint density at radius 1 is 1.31 bits per heavy atom. The third-order valence-corrected chi connectivity index (χ3v) is 5.64. The quantitative estimate of drug-likeness (QED) is 0.576. The van der Waals surface area contributed by atoms with E-state index in [2.05, 4.69) is 21.0 Å². The Bertz CT molecular complexity index is 1010. The van der Waals surface area contributed by atoms with Crippen molar-refractivity contribution in [3.8, 4) is 5.75 Å². The van der Waals surface area contributed by atoms with Gasteiger partial charge in [-0.25, -0.2) is 13.2 Å². The predicted octanol–water partition coefficient (Wildman–Crippen LogP) is 2.51. The number of piperidine rings is 1. The molecule has 3 unspecified atom stereocenters. The number of carbonyl (C=O) groups excluding carboxylic acids is 2. The van der Waals surface area contributed by atoms with Crippen LogP contribution in [0.5, 0.6) is 5.75 Å². The second kappa shape index (κ2) is 8.99. The van der Waals surface area contributed by atoms with Crippen LogP contribution < -0.4 is 20.7 Å². The molecule has 1 aromatic heterocycles. The van der Waals surface area contributed by atoms with E-state index >= 15 is 0 Å². The zero-order chi connectivity index (χ0) is 22.9. The lowest BCUT2D eigenvalue weighted by Gasteiger charge is -2.29. The summed E-state index contributed by atoms with van der Waals surface area (Å²) in [5, 5.41) is 12.4. The van der Waals surface area contributed by atoms with Gasteiger partial charge in [0.15, 0.2) is 12.4 Å². The highest BCUT2D eigenvalue weighted by Crippen LogP contribution is 2.52. The second-order valence-electron chi connectivity index (χ2n) is 7.82. The number of nitrogens with zero attached hydrogens (tertiary/aromatic N) is 2. The Morgan fingerprint density at radius 2 is 2.09 bits per heavy atom. The highest BCUT2D eigenvalue weighted by atomic mass is 35.5. The number of alkyl halides is 2. The summed E-state index contributed by atoms with van der Waals surface area (Å²) >= 11 is 5.60. The van der Waals surface area contributed by atoms with E-state index in [0.717, 1.165) is 10.7 Å². The van der Waals surface area contributed by atoms with Crippen molar-refractivity contribution in [1.82, 2.24) is 20.4 Å². The van der Waals surface area contributed by atoms with Gasteiger partial charge in [-0.2, -0.15) is 5.10 Å². The number of ether oxygens (including phenoxy) is 1. The van der Waals surface area contributed by atoms with E-state index in [4.69, 9.17) is 16.3 Å².